The molecule has 1 amide bonds. The maximum Gasteiger partial charge on any atom is 0.276 e. The zero-order chi connectivity index (χ0) is 18.2. The summed E-state index contributed by atoms with van der Waals surface area (Å²) in [6, 6.07) is 10.1. The Morgan fingerprint density at radius 3 is 2.85 bits per heavy atom. The van der Waals surface area contributed by atoms with Crippen LogP contribution in [0.5, 0.6) is 0 Å². The number of para-hydroxylation sites is 1. The first-order valence-electron chi connectivity index (χ1n) is 8.09. The second-order valence-electron chi connectivity index (χ2n) is 5.79. The van der Waals surface area contributed by atoms with Crippen LogP contribution in [0.1, 0.15) is 10.5 Å². The van der Waals surface area contributed by atoms with Gasteiger partial charge in [0.05, 0.1) is 5.69 Å². The van der Waals surface area contributed by atoms with Crippen molar-refractivity contribution in [3.05, 3.63) is 63.7 Å². The highest BCUT2D eigenvalue weighted by molar-refractivity contribution is 7.14. The average molecular weight is 409 g/mol. The molecular formula is C19H12N4OS3. The predicted molar refractivity (Wildman–Crippen MR) is 113 cm³/mol. The smallest absolute Gasteiger partial charge is 0.276 e. The highest BCUT2D eigenvalue weighted by atomic mass is 32.1. The topological polar surface area (TPSA) is 70.7 Å². The standard InChI is InChI=1S/C19H12N4OS3/c24-17(16-10-26-18(21-16)11-5-6-25-8-11)23-19-22-15(9-27-19)13-7-20-14-4-2-1-3-12(13)14/h1-10,20H,(H,22,23,24). The first-order valence-corrected chi connectivity index (χ1v) is 10.8. The predicted octanol–water partition coefficient (Wildman–Crippen LogP) is 5.73. The summed E-state index contributed by atoms with van der Waals surface area (Å²) in [4.78, 5) is 24.7. The number of aromatic amines is 1. The number of amides is 1. The van der Waals surface area contributed by atoms with Crippen molar-refractivity contribution in [3.63, 3.8) is 0 Å². The summed E-state index contributed by atoms with van der Waals surface area (Å²) in [6.07, 6.45) is 1.94. The van der Waals surface area contributed by atoms with Gasteiger partial charge in [-0.15, -0.1) is 22.7 Å². The molecule has 0 aliphatic carbocycles. The van der Waals surface area contributed by atoms with Crippen LogP contribution >= 0.6 is 34.0 Å². The van der Waals surface area contributed by atoms with Crippen LogP contribution in [0, 0.1) is 0 Å². The number of carbonyl (C=O) groups is 1. The fourth-order valence-electron chi connectivity index (χ4n) is 2.80. The number of nitrogens with one attached hydrogen (secondary N) is 2. The Morgan fingerprint density at radius 2 is 1.96 bits per heavy atom. The minimum Gasteiger partial charge on any atom is -0.360 e. The summed E-state index contributed by atoms with van der Waals surface area (Å²) < 4.78 is 0. The van der Waals surface area contributed by atoms with Crippen LogP contribution in [0.4, 0.5) is 5.13 Å². The van der Waals surface area contributed by atoms with Gasteiger partial charge in [-0.3, -0.25) is 10.1 Å². The second-order valence-corrected chi connectivity index (χ2v) is 8.29. The van der Waals surface area contributed by atoms with Crippen molar-refractivity contribution in [1.82, 2.24) is 15.0 Å². The number of hydrogen-bond acceptors (Lipinski definition) is 6. The van der Waals surface area contributed by atoms with E-state index < -0.39 is 0 Å². The quantitative estimate of drug-likeness (QED) is 0.399. The van der Waals surface area contributed by atoms with Crippen LogP contribution in [0.3, 0.4) is 0 Å². The van der Waals surface area contributed by atoms with Gasteiger partial charge < -0.3 is 4.98 Å². The van der Waals surface area contributed by atoms with Crippen LogP contribution < -0.4 is 5.32 Å². The molecule has 0 spiro atoms. The van der Waals surface area contributed by atoms with Crippen LogP contribution in [0.2, 0.25) is 0 Å². The lowest BCUT2D eigenvalue weighted by Crippen LogP contribution is -2.12. The lowest BCUT2D eigenvalue weighted by molar-refractivity contribution is 0.102. The van der Waals surface area contributed by atoms with E-state index in [1.54, 1.807) is 16.7 Å². The van der Waals surface area contributed by atoms with Crippen LogP contribution in [-0.2, 0) is 0 Å². The molecule has 0 saturated heterocycles. The Balaban J connectivity index is 1.37. The molecule has 5 rings (SSSR count). The van der Waals surface area contributed by atoms with Crippen molar-refractivity contribution in [2.24, 2.45) is 0 Å². The Kier molecular flexibility index (Phi) is 4.08. The lowest BCUT2D eigenvalue weighted by atomic mass is 10.1. The number of H-pyrrole nitrogens is 1. The summed E-state index contributed by atoms with van der Waals surface area (Å²) in [7, 11) is 0. The number of carbonyl (C=O) groups excluding carboxylic acids is 1. The molecule has 8 heteroatoms. The van der Waals surface area contributed by atoms with Gasteiger partial charge in [-0.2, -0.15) is 11.3 Å². The van der Waals surface area contributed by atoms with Crippen molar-refractivity contribution in [1.29, 1.82) is 0 Å². The van der Waals surface area contributed by atoms with E-state index in [1.165, 1.54) is 22.7 Å². The normalized spacial score (nSPS) is 11.1. The minimum atomic E-state index is -0.243. The molecule has 5 nitrogen and oxygen atoms in total. The number of hydrogen-bond donors (Lipinski definition) is 2. The summed E-state index contributed by atoms with van der Waals surface area (Å²) in [5.41, 5.74) is 4.38. The van der Waals surface area contributed by atoms with E-state index in [0.717, 1.165) is 32.7 Å². The number of rotatable bonds is 4. The second kappa shape index (κ2) is 6.73. The van der Waals surface area contributed by atoms with Gasteiger partial charge in [-0.25, -0.2) is 9.97 Å². The number of nitrogens with zero attached hydrogens (tertiary/aromatic N) is 2. The van der Waals surface area contributed by atoms with Crippen molar-refractivity contribution in [3.8, 4) is 21.8 Å². The molecule has 0 aliphatic heterocycles. The molecule has 4 aromatic heterocycles. The van der Waals surface area contributed by atoms with E-state index in [-0.39, 0.29) is 5.91 Å². The van der Waals surface area contributed by atoms with E-state index in [2.05, 4.69) is 26.3 Å². The fourth-order valence-corrected chi connectivity index (χ4v) is 5.01. The maximum atomic E-state index is 12.5. The third-order valence-electron chi connectivity index (χ3n) is 4.09. The molecule has 5 aromatic rings. The lowest BCUT2D eigenvalue weighted by Gasteiger charge is -1.98. The summed E-state index contributed by atoms with van der Waals surface area (Å²) in [5.74, 6) is -0.243. The Morgan fingerprint density at radius 1 is 1.04 bits per heavy atom. The molecule has 4 heterocycles. The molecule has 2 N–H and O–H groups in total. The molecule has 0 radical (unpaired) electrons. The Hall–Kier alpha value is -2.81. The Labute approximate surface area is 166 Å². The summed E-state index contributed by atoms with van der Waals surface area (Å²) in [5, 5.41) is 13.1. The zero-order valence-electron chi connectivity index (χ0n) is 13.8. The number of fused-ring (bicyclic) bond motifs is 1. The maximum absolute atomic E-state index is 12.5. The summed E-state index contributed by atoms with van der Waals surface area (Å²) >= 11 is 4.48. The van der Waals surface area contributed by atoms with Crippen molar-refractivity contribution in [2.75, 3.05) is 5.32 Å². The third-order valence-corrected chi connectivity index (χ3v) is 6.43. The molecule has 1 aromatic carbocycles. The highest BCUT2D eigenvalue weighted by Gasteiger charge is 2.15. The molecule has 0 atom stereocenters. The summed E-state index contributed by atoms with van der Waals surface area (Å²) in [6.45, 7) is 0. The number of thiazole rings is 2. The molecule has 132 valence electrons. The molecule has 0 aliphatic rings. The molecular weight excluding hydrogens is 396 g/mol. The van der Waals surface area contributed by atoms with Gasteiger partial charge >= 0.3 is 0 Å². The van der Waals surface area contributed by atoms with Gasteiger partial charge in [-0.1, -0.05) is 18.2 Å². The fraction of sp³-hybridized carbons (Fsp3) is 0. The molecule has 27 heavy (non-hydrogen) atoms. The Bertz CT molecular complexity index is 1230. The highest BCUT2D eigenvalue weighted by Crippen LogP contribution is 2.31. The van der Waals surface area contributed by atoms with Crippen LogP contribution in [0.25, 0.3) is 32.7 Å². The van der Waals surface area contributed by atoms with Gasteiger partial charge in [0.25, 0.3) is 5.91 Å². The first kappa shape index (κ1) is 16.4. The molecule has 0 saturated carbocycles. The third kappa shape index (κ3) is 3.08. The van der Waals surface area contributed by atoms with E-state index in [4.69, 9.17) is 0 Å². The molecule has 0 fully saturated rings. The van der Waals surface area contributed by atoms with E-state index >= 15 is 0 Å². The minimum absolute atomic E-state index is 0.243. The average Bonchev–Trinajstić information content (AvgIpc) is 3.46. The van der Waals surface area contributed by atoms with Gasteiger partial charge in [0, 0.05) is 44.4 Å². The largest absolute Gasteiger partial charge is 0.360 e. The van der Waals surface area contributed by atoms with Gasteiger partial charge in [-0.05, 0) is 17.5 Å². The van der Waals surface area contributed by atoms with Crippen LogP contribution in [-0.4, -0.2) is 20.9 Å². The number of thiophene rings is 1. The van der Waals surface area contributed by atoms with Crippen molar-refractivity contribution in [2.45, 2.75) is 0 Å². The van der Waals surface area contributed by atoms with Crippen LogP contribution in [0.15, 0.2) is 58.0 Å². The monoisotopic (exact) mass is 408 g/mol. The number of benzene rings is 1. The van der Waals surface area contributed by atoms with Crippen molar-refractivity contribution < 1.29 is 4.79 Å². The van der Waals surface area contributed by atoms with Gasteiger partial charge in [0.15, 0.2) is 5.13 Å². The van der Waals surface area contributed by atoms with E-state index in [1.807, 2.05) is 46.6 Å². The van der Waals surface area contributed by atoms with E-state index in [9.17, 15) is 4.79 Å². The number of anilines is 1. The molecule has 0 unspecified atom stereocenters. The zero-order valence-corrected chi connectivity index (χ0v) is 16.3. The molecule has 0 bridgehead atoms. The van der Waals surface area contributed by atoms with E-state index in [0.29, 0.717) is 10.8 Å². The SMILES string of the molecule is O=C(Nc1nc(-c2c[nH]c3ccccc23)cs1)c1csc(-c2ccsc2)n1. The first-order chi connectivity index (χ1) is 13.3. The van der Waals surface area contributed by atoms with Gasteiger partial charge in [0.1, 0.15) is 10.7 Å². The van der Waals surface area contributed by atoms with Gasteiger partial charge in [0.2, 0.25) is 0 Å². The number of aromatic nitrogens is 3. The van der Waals surface area contributed by atoms with Crippen molar-refractivity contribution >= 4 is 56.0 Å².